The van der Waals surface area contributed by atoms with Crippen LogP contribution in [0.4, 0.5) is 0 Å². The van der Waals surface area contributed by atoms with Gasteiger partial charge in [-0.25, -0.2) is 0 Å². The molecule has 0 amide bonds. The molecule has 0 aliphatic rings. The summed E-state index contributed by atoms with van der Waals surface area (Å²) in [6, 6.07) is 11.1. The maximum absolute atomic E-state index is 6.30. The Bertz CT molecular complexity index is 360. The molecule has 2 atom stereocenters. The Labute approximate surface area is 124 Å². The van der Waals surface area contributed by atoms with Crippen molar-refractivity contribution in [3.63, 3.8) is 0 Å². The molecule has 2 N–H and O–H groups in total. The Balaban J connectivity index is 2.92. The monoisotopic (exact) mass is 277 g/mol. The summed E-state index contributed by atoms with van der Waals surface area (Å²) in [6.07, 6.45) is 0. The first-order valence-corrected chi connectivity index (χ1v) is 7.61. The molecule has 0 aromatic heterocycles. The van der Waals surface area contributed by atoms with Crippen LogP contribution in [-0.4, -0.2) is 49.6 Å². The molecule has 0 radical (unpaired) electrons. The number of nitrogens with two attached hydrogens (primary N) is 1. The predicted molar refractivity (Wildman–Crippen MR) is 87.8 cm³/mol. The SMILES string of the molecule is CC(C)CN(CCN(C)C)C(c1ccccc1)C(C)N. The molecule has 0 bridgehead atoms. The van der Waals surface area contributed by atoms with Crippen molar-refractivity contribution >= 4 is 0 Å². The van der Waals surface area contributed by atoms with Crippen LogP contribution in [0.15, 0.2) is 30.3 Å². The van der Waals surface area contributed by atoms with Crippen LogP contribution < -0.4 is 5.73 Å². The zero-order valence-corrected chi connectivity index (χ0v) is 13.7. The maximum Gasteiger partial charge on any atom is 0.0497 e. The molecular weight excluding hydrogens is 246 g/mol. The van der Waals surface area contributed by atoms with E-state index in [1.165, 1.54) is 5.56 Å². The quantitative estimate of drug-likeness (QED) is 0.793. The molecule has 2 unspecified atom stereocenters. The fourth-order valence-electron chi connectivity index (χ4n) is 2.64. The Hall–Kier alpha value is -0.900. The molecule has 3 heteroatoms. The van der Waals surface area contributed by atoms with Gasteiger partial charge in [0.25, 0.3) is 0 Å². The summed E-state index contributed by atoms with van der Waals surface area (Å²) in [5.41, 5.74) is 7.62. The number of hydrogen-bond donors (Lipinski definition) is 1. The van der Waals surface area contributed by atoms with Crippen molar-refractivity contribution in [2.24, 2.45) is 11.7 Å². The highest BCUT2D eigenvalue weighted by atomic mass is 15.2. The van der Waals surface area contributed by atoms with E-state index < -0.39 is 0 Å². The van der Waals surface area contributed by atoms with Gasteiger partial charge in [0, 0.05) is 31.7 Å². The van der Waals surface area contributed by atoms with Crippen LogP contribution >= 0.6 is 0 Å². The lowest BCUT2D eigenvalue weighted by Gasteiger charge is -2.36. The Morgan fingerprint density at radius 1 is 1.00 bits per heavy atom. The lowest BCUT2D eigenvalue weighted by molar-refractivity contribution is 0.144. The van der Waals surface area contributed by atoms with Gasteiger partial charge in [-0.2, -0.15) is 0 Å². The van der Waals surface area contributed by atoms with E-state index in [0.717, 1.165) is 19.6 Å². The van der Waals surface area contributed by atoms with Gasteiger partial charge in [-0.1, -0.05) is 44.2 Å². The molecule has 0 spiro atoms. The zero-order valence-electron chi connectivity index (χ0n) is 13.7. The first kappa shape index (κ1) is 17.2. The second kappa shape index (κ2) is 8.40. The van der Waals surface area contributed by atoms with Gasteiger partial charge in [0.15, 0.2) is 0 Å². The molecule has 3 nitrogen and oxygen atoms in total. The molecule has 1 aromatic carbocycles. The number of hydrogen-bond acceptors (Lipinski definition) is 3. The summed E-state index contributed by atoms with van der Waals surface area (Å²) >= 11 is 0. The van der Waals surface area contributed by atoms with Gasteiger partial charge in [-0.3, -0.25) is 4.90 Å². The Kier molecular flexibility index (Phi) is 7.20. The minimum Gasteiger partial charge on any atom is -0.326 e. The second-order valence-corrected chi connectivity index (χ2v) is 6.41. The highest BCUT2D eigenvalue weighted by molar-refractivity contribution is 5.20. The molecule has 0 aliphatic carbocycles. The van der Waals surface area contributed by atoms with Gasteiger partial charge in [0.2, 0.25) is 0 Å². The Morgan fingerprint density at radius 3 is 2.05 bits per heavy atom. The topological polar surface area (TPSA) is 32.5 Å². The third kappa shape index (κ3) is 5.61. The lowest BCUT2D eigenvalue weighted by Crippen LogP contribution is -2.44. The minimum absolute atomic E-state index is 0.123. The molecule has 0 saturated carbocycles. The van der Waals surface area contributed by atoms with E-state index in [2.05, 4.69) is 75.0 Å². The maximum atomic E-state index is 6.30. The van der Waals surface area contributed by atoms with Crippen LogP contribution in [0, 0.1) is 5.92 Å². The van der Waals surface area contributed by atoms with E-state index in [4.69, 9.17) is 5.73 Å². The van der Waals surface area contributed by atoms with E-state index in [0.29, 0.717) is 12.0 Å². The first-order chi connectivity index (χ1) is 9.41. The third-order valence-electron chi connectivity index (χ3n) is 3.47. The van der Waals surface area contributed by atoms with Crippen molar-refractivity contribution in [2.75, 3.05) is 33.7 Å². The second-order valence-electron chi connectivity index (χ2n) is 6.41. The van der Waals surface area contributed by atoms with Crippen molar-refractivity contribution in [1.29, 1.82) is 0 Å². The molecule has 0 saturated heterocycles. The third-order valence-corrected chi connectivity index (χ3v) is 3.47. The van der Waals surface area contributed by atoms with E-state index in [-0.39, 0.29) is 6.04 Å². The zero-order chi connectivity index (χ0) is 15.1. The van der Waals surface area contributed by atoms with E-state index in [9.17, 15) is 0 Å². The van der Waals surface area contributed by atoms with E-state index in [1.807, 2.05) is 0 Å². The van der Waals surface area contributed by atoms with Crippen LogP contribution in [0.25, 0.3) is 0 Å². The number of likely N-dealkylation sites (N-methyl/N-ethyl adjacent to an activating group) is 1. The molecule has 1 aromatic rings. The summed E-state index contributed by atoms with van der Waals surface area (Å²) < 4.78 is 0. The molecule has 1 rings (SSSR count). The van der Waals surface area contributed by atoms with Crippen molar-refractivity contribution in [3.8, 4) is 0 Å². The summed E-state index contributed by atoms with van der Waals surface area (Å²) in [5, 5.41) is 0. The van der Waals surface area contributed by atoms with Crippen LogP contribution in [-0.2, 0) is 0 Å². The van der Waals surface area contributed by atoms with Gasteiger partial charge in [0.1, 0.15) is 0 Å². The van der Waals surface area contributed by atoms with Crippen molar-refractivity contribution in [1.82, 2.24) is 9.80 Å². The largest absolute Gasteiger partial charge is 0.326 e. The molecule has 0 aliphatic heterocycles. The van der Waals surface area contributed by atoms with Crippen LogP contribution in [0.2, 0.25) is 0 Å². The molecule has 0 fully saturated rings. The van der Waals surface area contributed by atoms with Crippen molar-refractivity contribution < 1.29 is 0 Å². The van der Waals surface area contributed by atoms with Crippen LogP contribution in [0.5, 0.6) is 0 Å². The summed E-state index contributed by atoms with van der Waals surface area (Å²) in [6.45, 7) is 9.84. The highest BCUT2D eigenvalue weighted by Gasteiger charge is 2.24. The average Bonchev–Trinajstić information content (AvgIpc) is 2.36. The van der Waals surface area contributed by atoms with Gasteiger partial charge in [-0.15, -0.1) is 0 Å². The van der Waals surface area contributed by atoms with E-state index in [1.54, 1.807) is 0 Å². The summed E-state index contributed by atoms with van der Waals surface area (Å²) in [4.78, 5) is 4.77. The summed E-state index contributed by atoms with van der Waals surface area (Å²) in [7, 11) is 4.24. The predicted octanol–water partition coefficient (Wildman–Crippen LogP) is 2.59. The number of benzene rings is 1. The fraction of sp³-hybridized carbons (Fsp3) is 0.647. The van der Waals surface area contributed by atoms with Crippen LogP contribution in [0.3, 0.4) is 0 Å². The number of rotatable bonds is 8. The Morgan fingerprint density at radius 2 is 1.60 bits per heavy atom. The molecular formula is C17H31N3. The minimum atomic E-state index is 0.123. The average molecular weight is 277 g/mol. The van der Waals surface area contributed by atoms with Crippen LogP contribution in [0.1, 0.15) is 32.4 Å². The highest BCUT2D eigenvalue weighted by Crippen LogP contribution is 2.24. The molecule has 0 heterocycles. The molecule has 20 heavy (non-hydrogen) atoms. The molecule has 114 valence electrons. The van der Waals surface area contributed by atoms with Crippen molar-refractivity contribution in [3.05, 3.63) is 35.9 Å². The van der Waals surface area contributed by atoms with Gasteiger partial charge >= 0.3 is 0 Å². The number of nitrogens with zero attached hydrogens (tertiary/aromatic N) is 2. The van der Waals surface area contributed by atoms with Crippen molar-refractivity contribution in [2.45, 2.75) is 32.9 Å². The smallest absolute Gasteiger partial charge is 0.0497 e. The first-order valence-electron chi connectivity index (χ1n) is 7.61. The van der Waals surface area contributed by atoms with Gasteiger partial charge < -0.3 is 10.6 Å². The summed E-state index contributed by atoms with van der Waals surface area (Å²) in [5.74, 6) is 0.641. The standard InChI is InChI=1S/C17H31N3/c1-14(2)13-20(12-11-19(4)5)17(15(3)18)16-9-7-6-8-10-16/h6-10,14-15,17H,11-13,18H2,1-5H3. The van der Waals surface area contributed by atoms with Gasteiger partial charge in [-0.05, 0) is 32.5 Å². The van der Waals surface area contributed by atoms with E-state index >= 15 is 0 Å². The van der Waals surface area contributed by atoms with Gasteiger partial charge in [0.05, 0.1) is 0 Å². The normalized spacial score (nSPS) is 15.1. The fourth-order valence-corrected chi connectivity index (χ4v) is 2.64. The lowest BCUT2D eigenvalue weighted by atomic mass is 9.98.